The highest BCUT2D eigenvalue weighted by Gasteiger charge is 2.16. The number of nitrogens with one attached hydrogen (secondary N) is 2. The van der Waals surface area contributed by atoms with Crippen molar-refractivity contribution in [1.29, 1.82) is 0 Å². The van der Waals surface area contributed by atoms with Crippen molar-refractivity contribution in [2.24, 2.45) is 0 Å². The molecule has 2 amide bonds. The fraction of sp³-hybridized carbons (Fsp3) is 0.750. The fourth-order valence-corrected chi connectivity index (χ4v) is 1.14. The van der Waals surface area contributed by atoms with E-state index in [4.69, 9.17) is 4.74 Å². The van der Waals surface area contributed by atoms with Gasteiger partial charge in [-0.1, -0.05) is 0 Å². The van der Waals surface area contributed by atoms with Crippen molar-refractivity contribution in [3.8, 4) is 0 Å². The molecule has 0 aliphatic rings. The number of carbonyl (C=O) groups excluding carboxylic acids is 3. The Balaban J connectivity index is 3.64. The van der Waals surface area contributed by atoms with Gasteiger partial charge >= 0.3 is 5.97 Å². The molecule has 0 spiro atoms. The minimum Gasteiger partial charge on any atom is -0.460 e. The molecule has 0 saturated carbocycles. The lowest BCUT2D eigenvalue weighted by Gasteiger charge is -2.19. The molecule has 0 atom stereocenters. The second-order valence-electron chi connectivity index (χ2n) is 4.92. The SMILES string of the molecule is CC(=O)NCCNC(=O)CCC(=O)OC(C)(C)C. The molecule has 0 aromatic rings. The Morgan fingerprint density at radius 2 is 1.56 bits per heavy atom. The van der Waals surface area contributed by atoms with E-state index in [-0.39, 0.29) is 30.6 Å². The van der Waals surface area contributed by atoms with Gasteiger partial charge in [-0.2, -0.15) is 0 Å². The van der Waals surface area contributed by atoms with Gasteiger partial charge in [-0.3, -0.25) is 14.4 Å². The van der Waals surface area contributed by atoms with Crippen LogP contribution in [0, 0.1) is 0 Å². The van der Waals surface area contributed by atoms with Crippen molar-refractivity contribution in [1.82, 2.24) is 10.6 Å². The lowest BCUT2D eigenvalue weighted by Crippen LogP contribution is -2.34. The number of amides is 2. The van der Waals surface area contributed by atoms with E-state index >= 15 is 0 Å². The predicted molar refractivity (Wildman–Crippen MR) is 66.8 cm³/mol. The zero-order valence-corrected chi connectivity index (χ0v) is 11.5. The number of esters is 1. The molecule has 2 N–H and O–H groups in total. The minimum absolute atomic E-state index is 0.0588. The number of carbonyl (C=O) groups is 3. The second kappa shape index (κ2) is 7.68. The summed E-state index contributed by atoms with van der Waals surface area (Å²) in [5, 5.41) is 5.15. The molecule has 0 heterocycles. The maximum absolute atomic E-state index is 11.3. The number of ether oxygens (including phenoxy) is 1. The van der Waals surface area contributed by atoms with Crippen LogP contribution in [0.2, 0.25) is 0 Å². The Kier molecular flexibility index (Phi) is 7.00. The van der Waals surface area contributed by atoms with Crippen LogP contribution in [0.3, 0.4) is 0 Å². The van der Waals surface area contributed by atoms with Crippen molar-refractivity contribution in [2.45, 2.75) is 46.1 Å². The number of hydrogen-bond acceptors (Lipinski definition) is 4. The van der Waals surface area contributed by atoms with Crippen LogP contribution < -0.4 is 10.6 Å². The van der Waals surface area contributed by atoms with E-state index in [9.17, 15) is 14.4 Å². The first-order valence-corrected chi connectivity index (χ1v) is 5.93. The van der Waals surface area contributed by atoms with Crippen molar-refractivity contribution >= 4 is 17.8 Å². The molecule has 6 heteroatoms. The summed E-state index contributed by atoms with van der Waals surface area (Å²) < 4.78 is 5.07. The molecule has 0 aliphatic heterocycles. The Labute approximate surface area is 107 Å². The van der Waals surface area contributed by atoms with Gasteiger partial charge in [-0.15, -0.1) is 0 Å². The monoisotopic (exact) mass is 258 g/mol. The molecule has 0 unspecified atom stereocenters. The third-order valence-corrected chi connectivity index (χ3v) is 1.80. The maximum atomic E-state index is 11.3. The first-order chi connectivity index (χ1) is 8.20. The molecule has 0 radical (unpaired) electrons. The van der Waals surface area contributed by atoms with Gasteiger partial charge in [-0.05, 0) is 20.8 Å². The minimum atomic E-state index is -0.529. The third kappa shape index (κ3) is 10.9. The molecule has 104 valence electrons. The summed E-state index contributed by atoms with van der Waals surface area (Å²) in [6, 6.07) is 0. The quantitative estimate of drug-likeness (QED) is 0.532. The highest BCUT2D eigenvalue weighted by Crippen LogP contribution is 2.08. The lowest BCUT2D eigenvalue weighted by molar-refractivity contribution is -0.155. The van der Waals surface area contributed by atoms with Crippen LogP contribution in [0.15, 0.2) is 0 Å². The smallest absolute Gasteiger partial charge is 0.306 e. The molecule has 0 aromatic heterocycles. The average molecular weight is 258 g/mol. The molecule has 6 nitrogen and oxygen atoms in total. The Morgan fingerprint density at radius 3 is 2.06 bits per heavy atom. The van der Waals surface area contributed by atoms with Crippen LogP contribution in [-0.4, -0.2) is 36.5 Å². The molecule has 0 rings (SSSR count). The van der Waals surface area contributed by atoms with E-state index in [1.165, 1.54) is 6.92 Å². The molecule has 0 aliphatic carbocycles. The van der Waals surface area contributed by atoms with Crippen LogP contribution in [-0.2, 0) is 19.1 Å². The normalized spacial score (nSPS) is 10.7. The Hall–Kier alpha value is -1.59. The molecular formula is C12H22N2O4. The van der Waals surface area contributed by atoms with Gasteiger partial charge in [0, 0.05) is 26.4 Å². The second-order valence-corrected chi connectivity index (χ2v) is 4.92. The van der Waals surface area contributed by atoms with E-state index in [0.29, 0.717) is 13.1 Å². The average Bonchev–Trinajstić information content (AvgIpc) is 2.19. The van der Waals surface area contributed by atoms with E-state index in [1.54, 1.807) is 20.8 Å². The summed E-state index contributed by atoms with van der Waals surface area (Å²) in [7, 11) is 0. The van der Waals surface area contributed by atoms with Gasteiger partial charge in [0.15, 0.2) is 0 Å². The first-order valence-electron chi connectivity index (χ1n) is 5.93. The fourth-order valence-electron chi connectivity index (χ4n) is 1.14. The van der Waals surface area contributed by atoms with Crippen molar-refractivity contribution in [2.75, 3.05) is 13.1 Å². The summed E-state index contributed by atoms with van der Waals surface area (Å²) in [6.45, 7) is 7.47. The van der Waals surface area contributed by atoms with Crippen LogP contribution in [0.1, 0.15) is 40.5 Å². The molecular weight excluding hydrogens is 236 g/mol. The summed E-state index contributed by atoms with van der Waals surface area (Å²) >= 11 is 0. The standard InChI is InChI=1S/C12H22N2O4/c1-9(15)13-7-8-14-10(16)5-6-11(17)18-12(2,3)4/h5-8H2,1-4H3,(H,13,15)(H,14,16). The topological polar surface area (TPSA) is 84.5 Å². The van der Waals surface area contributed by atoms with Gasteiger partial charge in [0.2, 0.25) is 11.8 Å². The van der Waals surface area contributed by atoms with Crippen LogP contribution in [0.5, 0.6) is 0 Å². The molecule has 0 aromatic carbocycles. The van der Waals surface area contributed by atoms with Crippen LogP contribution in [0.25, 0.3) is 0 Å². The van der Waals surface area contributed by atoms with Crippen molar-refractivity contribution in [3.05, 3.63) is 0 Å². The molecule has 18 heavy (non-hydrogen) atoms. The highest BCUT2D eigenvalue weighted by atomic mass is 16.6. The molecule has 0 saturated heterocycles. The molecule has 0 fully saturated rings. The third-order valence-electron chi connectivity index (χ3n) is 1.80. The Bertz CT molecular complexity index is 308. The highest BCUT2D eigenvalue weighted by molar-refractivity contribution is 5.81. The summed E-state index contributed by atoms with van der Waals surface area (Å²) in [5.74, 6) is -0.760. The van der Waals surface area contributed by atoms with Gasteiger partial charge in [0.05, 0.1) is 6.42 Å². The summed E-state index contributed by atoms with van der Waals surface area (Å²) in [4.78, 5) is 33.2. The predicted octanol–water partition coefficient (Wildman–Crippen LogP) is 0.361. The number of hydrogen-bond donors (Lipinski definition) is 2. The summed E-state index contributed by atoms with van der Waals surface area (Å²) in [6.07, 6.45) is 0.151. The zero-order chi connectivity index (χ0) is 14.2. The maximum Gasteiger partial charge on any atom is 0.306 e. The van der Waals surface area contributed by atoms with Crippen molar-refractivity contribution in [3.63, 3.8) is 0 Å². The van der Waals surface area contributed by atoms with E-state index < -0.39 is 5.60 Å². The van der Waals surface area contributed by atoms with Crippen molar-refractivity contribution < 1.29 is 19.1 Å². The summed E-state index contributed by atoms with van der Waals surface area (Å²) in [5.41, 5.74) is -0.529. The van der Waals surface area contributed by atoms with Crippen LogP contribution in [0.4, 0.5) is 0 Å². The Morgan fingerprint density at radius 1 is 1.00 bits per heavy atom. The number of rotatable bonds is 6. The lowest BCUT2D eigenvalue weighted by atomic mass is 10.2. The zero-order valence-electron chi connectivity index (χ0n) is 11.5. The van der Waals surface area contributed by atoms with Gasteiger partial charge < -0.3 is 15.4 Å². The van der Waals surface area contributed by atoms with Gasteiger partial charge in [0.25, 0.3) is 0 Å². The largest absolute Gasteiger partial charge is 0.460 e. The van der Waals surface area contributed by atoms with Crippen LogP contribution >= 0.6 is 0 Å². The molecule has 0 bridgehead atoms. The first kappa shape index (κ1) is 16.4. The van der Waals surface area contributed by atoms with E-state index in [2.05, 4.69) is 10.6 Å². The van der Waals surface area contributed by atoms with E-state index in [1.807, 2.05) is 0 Å². The van der Waals surface area contributed by atoms with Gasteiger partial charge in [0.1, 0.15) is 5.60 Å². The van der Waals surface area contributed by atoms with E-state index in [0.717, 1.165) is 0 Å². The van der Waals surface area contributed by atoms with Gasteiger partial charge in [-0.25, -0.2) is 0 Å².